The number of allylic oxidation sites excluding steroid dienone is 2. The Morgan fingerprint density at radius 1 is 1.30 bits per heavy atom. The molecule has 0 saturated carbocycles. The average molecular weight is 139 g/mol. The molecule has 0 aromatic carbocycles. The molecule has 10 heavy (non-hydrogen) atoms. The average Bonchev–Trinajstić information content (AvgIpc) is 1.99. The summed E-state index contributed by atoms with van der Waals surface area (Å²) in [4.78, 5) is 0. The van der Waals surface area contributed by atoms with Gasteiger partial charge in [0.25, 0.3) is 0 Å². The van der Waals surface area contributed by atoms with E-state index in [1.54, 1.807) is 0 Å². The third kappa shape index (κ3) is 3.05. The summed E-state index contributed by atoms with van der Waals surface area (Å²) in [7, 11) is 0. The minimum absolute atomic E-state index is 0.598. The predicted octanol–water partition coefficient (Wildman–Crippen LogP) is 3.45. The summed E-state index contributed by atoms with van der Waals surface area (Å²) < 4.78 is 0. The van der Waals surface area contributed by atoms with Crippen LogP contribution in [-0.2, 0) is 0 Å². The Morgan fingerprint density at radius 3 is 2.20 bits per heavy atom. The number of hydrogen-bond donors (Lipinski definition) is 0. The van der Waals surface area contributed by atoms with Crippen molar-refractivity contribution in [3.05, 3.63) is 19.1 Å². The monoisotopic (exact) mass is 139 g/mol. The highest BCUT2D eigenvalue weighted by atomic mass is 14.1. The van der Waals surface area contributed by atoms with E-state index in [0.717, 1.165) is 0 Å². The molecule has 1 radical (unpaired) electrons. The number of rotatable bonds is 4. The summed E-state index contributed by atoms with van der Waals surface area (Å²) in [6, 6.07) is 0. The first kappa shape index (κ1) is 9.74. The van der Waals surface area contributed by atoms with Crippen molar-refractivity contribution >= 4 is 0 Å². The third-order valence-corrected chi connectivity index (χ3v) is 2.04. The van der Waals surface area contributed by atoms with Gasteiger partial charge in [0.1, 0.15) is 0 Å². The van der Waals surface area contributed by atoms with E-state index in [1.165, 1.54) is 12.8 Å². The van der Waals surface area contributed by atoms with Gasteiger partial charge < -0.3 is 0 Å². The van der Waals surface area contributed by atoms with Gasteiger partial charge in [-0.05, 0) is 32.1 Å². The van der Waals surface area contributed by atoms with Gasteiger partial charge in [-0.25, -0.2) is 0 Å². The summed E-state index contributed by atoms with van der Waals surface area (Å²) in [6.45, 7) is 10.6. The van der Waals surface area contributed by atoms with Gasteiger partial charge in [0.05, 0.1) is 0 Å². The first-order valence-corrected chi connectivity index (χ1v) is 4.22. The van der Waals surface area contributed by atoms with Crippen LogP contribution >= 0.6 is 0 Å². The molecule has 0 aromatic heterocycles. The highest BCUT2D eigenvalue weighted by Crippen LogP contribution is 2.19. The van der Waals surface area contributed by atoms with Gasteiger partial charge in [0, 0.05) is 0 Å². The molecule has 0 aliphatic carbocycles. The van der Waals surface area contributed by atoms with E-state index in [4.69, 9.17) is 0 Å². The normalized spacial score (nSPS) is 17.6. The van der Waals surface area contributed by atoms with Crippen molar-refractivity contribution in [2.45, 2.75) is 33.6 Å². The lowest BCUT2D eigenvalue weighted by Gasteiger charge is -2.16. The van der Waals surface area contributed by atoms with Gasteiger partial charge in [-0.1, -0.05) is 32.4 Å². The molecule has 0 aliphatic rings. The van der Waals surface area contributed by atoms with Crippen LogP contribution in [0.15, 0.2) is 12.2 Å². The molecule has 0 spiro atoms. The molecular formula is C10H19. The molecule has 0 bridgehead atoms. The zero-order valence-electron chi connectivity index (χ0n) is 7.43. The topological polar surface area (TPSA) is 0 Å². The Kier molecular flexibility index (Phi) is 5.38. The van der Waals surface area contributed by atoms with Gasteiger partial charge in [0.2, 0.25) is 0 Å². The Balaban J connectivity index is 3.79. The smallest absolute Gasteiger partial charge is 0.0208 e. The Hall–Kier alpha value is -0.260. The Morgan fingerprint density at radius 2 is 1.90 bits per heavy atom. The fourth-order valence-electron chi connectivity index (χ4n) is 1.18. The molecule has 0 amide bonds. The van der Waals surface area contributed by atoms with Crippen molar-refractivity contribution in [3.8, 4) is 0 Å². The Labute approximate surface area is 65.3 Å². The van der Waals surface area contributed by atoms with Crippen molar-refractivity contribution in [3.63, 3.8) is 0 Å². The molecule has 0 N–H and O–H groups in total. The van der Waals surface area contributed by atoms with Crippen LogP contribution in [0.3, 0.4) is 0 Å². The highest BCUT2D eigenvalue weighted by molar-refractivity contribution is 4.89. The van der Waals surface area contributed by atoms with Crippen LogP contribution in [0, 0.1) is 18.8 Å². The lowest BCUT2D eigenvalue weighted by Crippen LogP contribution is -2.06. The first-order chi connectivity index (χ1) is 4.76. The van der Waals surface area contributed by atoms with Gasteiger partial charge >= 0.3 is 0 Å². The third-order valence-electron chi connectivity index (χ3n) is 2.04. The van der Waals surface area contributed by atoms with Crippen molar-refractivity contribution in [2.75, 3.05) is 0 Å². The van der Waals surface area contributed by atoms with Crippen LogP contribution in [0.1, 0.15) is 33.6 Å². The van der Waals surface area contributed by atoms with E-state index in [2.05, 4.69) is 39.8 Å². The minimum Gasteiger partial charge on any atom is -0.0914 e. The summed E-state index contributed by atoms with van der Waals surface area (Å²) >= 11 is 0. The molecular weight excluding hydrogens is 120 g/mol. The minimum atomic E-state index is 0.598. The van der Waals surface area contributed by atoms with E-state index >= 15 is 0 Å². The van der Waals surface area contributed by atoms with Crippen LogP contribution in [-0.4, -0.2) is 0 Å². The first-order valence-electron chi connectivity index (χ1n) is 4.22. The van der Waals surface area contributed by atoms with E-state index in [1.807, 2.05) is 0 Å². The summed E-state index contributed by atoms with van der Waals surface area (Å²) in [5, 5.41) is 0. The quantitative estimate of drug-likeness (QED) is 0.523. The maximum Gasteiger partial charge on any atom is -0.0208 e. The largest absolute Gasteiger partial charge is 0.0914 e. The molecule has 0 rings (SSSR count). The van der Waals surface area contributed by atoms with E-state index in [9.17, 15) is 0 Å². The standard InChI is InChI=1S/C10H19/c1-5-8-10(7-3)9(4)6-2/h5,8-10H,4,6-7H2,1-3H3/b8-5+. The highest BCUT2D eigenvalue weighted by Gasteiger charge is 2.08. The molecule has 2 unspecified atom stereocenters. The summed E-state index contributed by atoms with van der Waals surface area (Å²) in [6.07, 6.45) is 6.79. The molecule has 0 aliphatic heterocycles. The van der Waals surface area contributed by atoms with Crippen molar-refractivity contribution < 1.29 is 0 Å². The second kappa shape index (κ2) is 5.52. The lowest BCUT2D eigenvalue weighted by atomic mass is 9.89. The van der Waals surface area contributed by atoms with Gasteiger partial charge in [0.15, 0.2) is 0 Å². The van der Waals surface area contributed by atoms with Crippen molar-refractivity contribution in [1.82, 2.24) is 0 Å². The maximum absolute atomic E-state index is 4.10. The van der Waals surface area contributed by atoms with E-state index < -0.39 is 0 Å². The van der Waals surface area contributed by atoms with Crippen LogP contribution in [0.4, 0.5) is 0 Å². The fourth-order valence-corrected chi connectivity index (χ4v) is 1.18. The molecule has 0 heteroatoms. The van der Waals surface area contributed by atoms with Crippen LogP contribution in [0.25, 0.3) is 0 Å². The fraction of sp³-hybridized carbons (Fsp3) is 0.700. The lowest BCUT2D eigenvalue weighted by molar-refractivity contribution is 0.446. The summed E-state index contributed by atoms with van der Waals surface area (Å²) in [5.41, 5.74) is 0. The van der Waals surface area contributed by atoms with Crippen molar-refractivity contribution in [2.24, 2.45) is 11.8 Å². The molecule has 0 heterocycles. The zero-order chi connectivity index (χ0) is 7.98. The van der Waals surface area contributed by atoms with Gasteiger partial charge in [-0.3, -0.25) is 0 Å². The second-order valence-corrected chi connectivity index (χ2v) is 2.77. The zero-order valence-corrected chi connectivity index (χ0v) is 7.43. The number of hydrogen-bond acceptors (Lipinski definition) is 0. The molecule has 0 aromatic rings. The van der Waals surface area contributed by atoms with Gasteiger partial charge in [-0.2, -0.15) is 0 Å². The molecule has 0 nitrogen and oxygen atoms in total. The van der Waals surface area contributed by atoms with Crippen LogP contribution in [0.5, 0.6) is 0 Å². The molecule has 0 saturated heterocycles. The maximum atomic E-state index is 4.10. The van der Waals surface area contributed by atoms with Crippen LogP contribution < -0.4 is 0 Å². The van der Waals surface area contributed by atoms with E-state index in [0.29, 0.717) is 11.8 Å². The SMILES string of the molecule is [CH2]C(CC)C(/C=C/C)CC. The summed E-state index contributed by atoms with van der Waals surface area (Å²) in [5.74, 6) is 1.29. The van der Waals surface area contributed by atoms with E-state index in [-0.39, 0.29) is 0 Å². The second-order valence-electron chi connectivity index (χ2n) is 2.77. The molecule has 2 atom stereocenters. The predicted molar refractivity (Wildman–Crippen MR) is 47.7 cm³/mol. The molecule has 59 valence electrons. The van der Waals surface area contributed by atoms with Crippen molar-refractivity contribution in [1.29, 1.82) is 0 Å². The Bertz CT molecular complexity index is 92.2. The van der Waals surface area contributed by atoms with Crippen LogP contribution in [0.2, 0.25) is 0 Å². The van der Waals surface area contributed by atoms with Gasteiger partial charge in [-0.15, -0.1) is 0 Å². The molecule has 0 fully saturated rings.